The van der Waals surface area contributed by atoms with Gasteiger partial charge in [-0.05, 0) is 25.0 Å². The number of thiocarbonyl (C=S) groups is 1. The second-order valence-corrected chi connectivity index (χ2v) is 5.83. The summed E-state index contributed by atoms with van der Waals surface area (Å²) >= 11 is 6.54. The Kier molecular flexibility index (Phi) is 4.90. The van der Waals surface area contributed by atoms with Crippen molar-refractivity contribution in [2.45, 2.75) is 20.4 Å². The van der Waals surface area contributed by atoms with Crippen molar-refractivity contribution < 1.29 is 9.53 Å². The molecule has 2 rings (SSSR count). The molecule has 0 bridgehead atoms. The minimum atomic E-state index is -0.356. The number of hydrogen-bond donors (Lipinski definition) is 1. The van der Waals surface area contributed by atoms with E-state index in [1.54, 1.807) is 5.49 Å². The molecule has 0 aliphatic heterocycles. The lowest BCUT2D eigenvalue weighted by molar-refractivity contribution is 0.0593. The number of nitrogens with one attached hydrogen (secondary N) is 1. The topological polar surface area (TPSA) is 45.3 Å². The second kappa shape index (κ2) is 6.49. The first kappa shape index (κ1) is 15.9. The molecule has 21 heavy (non-hydrogen) atoms. The van der Waals surface area contributed by atoms with E-state index in [1.165, 1.54) is 19.1 Å². The van der Waals surface area contributed by atoms with E-state index in [-0.39, 0.29) is 5.97 Å². The Morgan fingerprint density at radius 3 is 2.67 bits per heavy atom. The van der Waals surface area contributed by atoms with E-state index < -0.39 is 0 Å². The monoisotopic (exact) mass is 322 g/mol. The van der Waals surface area contributed by atoms with Crippen LogP contribution in [0.25, 0.3) is 10.9 Å². The molecule has 1 aromatic heterocycles. The fraction of sp³-hybridized carbons (Fsp3) is 0.333. The summed E-state index contributed by atoms with van der Waals surface area (Å²) in [6, 6.07) is 4.11. The van der Waals surface area contributed by atoms with Crippen molar-refractivity contribution in [1.82, 2.24) is 9.29 Å². The molecule has 1 heterocycles. The van der Waals surface area contributed by atoms with E-state index in [4.69, 9.17) is 17.0 Å². The number of fused-ring (bicyclic) bond motifs is 1. The zero-order valence-corrected chi connectivity index (χ0v) is 14.2. The second-order valence-electron chi connectivity index (χ2n) is 4.78. The average molecular weight is 322 g/mol. The van der Waals surface area contributed by atoms with E-state index in [1.807, 2.05) is 30.5 Å². The molecular weight excluding hydrogens is 304 g/mol. The average Bonchev–Trinajstić information content (AvgIpc) is 2.88. The summed E-state index contributed by atoms with van der Waals surface area (Å²) < 4.78 is 6.81. The molecule has 0 amide bonds. The van der Waals surface area contributed by atoms with Crippen LogP contribution in [0, 0.1) is 13.8 Å². The molecule has 1 N–H and O–H groups in total. The third kappa shape index (κ3) is 2.91. The Morgan fingerprint density at radius 2 is 2.10 bits per heavy atom. The fourth-order valence-corrected chi connectivity index (χ4v) is 3.10. The van der Waals surface area contributed by atoms with Crippen molar-refractivity contribution in [3.8, 4) is 0 Å². The van der Waals surface area contributed by atoms with Crippen molar-refractivity contribution in [3.63, 3.8) is 0 Å². The number of methoxy groups -OCH3 is 1. The van der Waals surface area contributed by atoms with Gasteiger partial charge in [-0.15, -0.1) is 0 Å². The van der Waals surface area contributed by atoms with E-state index in [9.17, 15) is 4.79 Å². The van der Waals surface area contributed by atoms with Gasteiger partial charge in [0, 0.05) is 22.7 Å². The van der Waals surface area contributed by atoms with Crippen molar-refractivity contribution in [2.24, 2.45) is 0 Å². The molecule has 112 valence electrons. The number of rotatable bonds is 5. The van der Waals surface area contributed by atoms with Crippen LogP contribution < -0.4 is 0 Å². The van der Waals surface area contributed by atoms with Crippen LogP contribution in [-0.2, 0) is 11.3 Å². The lowest BCUT2D eigenvalue weighted by Crippen LogP contribution is -2.14. The van der Waals surface area contributed by atoms with Crippen LogP contribution in [-0.4, -0.2) is 34.1 Å². The Hall–Kier alpha value is -1.53. The Labute approximate surface area is 134 Å². The molecule has 1 aromatic carbocycles. The normalized spacial score (nSPS) is 10.7. The smallest absolute Gasteiger partial charge is 0.354 e. The summed E-state index contributed by atoms with van der Waals surface area (Å²) in [5.41, 5.74) is 6.23. The molecule has 2 aromatic rings. The maximum atomic E-state index is 12.1. The SMILES string of the molecule is COC(=O)c1[nH]c2c(C)ccc(C)c2c1CN(C=S)SC. The van der Waals surface area contributed by atoms with Gasteiger partial charge < -0.3 is 14.0 Å². The molecule has 0 aliphatic rings. The number of carbonyl (C=O) groups excluding carboxylic acids is 1. The predicted octanol–water partition coefficient (Wildman–Crippen LogP) is 3.61. The summed E-state index contributed by atoms with van der Waals surface area (Å²) in [5, 5.41) is 1.08. The number of nitrogens with zero attached hydrogens (tertiary/aromatic N) is 1. The molecule has 0 saturated carbocycles. The van der Waals surface area contributed by atoms with E-state index in [2.05, 4.69) is 11.1 Å². The Morgan fingerprint density at radius 1 is 1.43 bits per heavy atom. The first-order valence-corrected chi connectivity index (χ1v) is 8.13. The van der Waals surface area contributed by atoms with Crippen LogP contribution in [0.5, 0.6) is 0 Å². The lowest BCUT2D eigenvalue weighted by Gasteiger charge is -2.16. The number of ether oxygens (including phenoxy) is 1. The summed E-state index contributed by atoms with van der Waals surface area (Å²) in [4.78, 5) is 15.3. The summed E-state index contributed by atoms with van der Waals surface area (Å²) in [5.74, 6) is -0.356. The fourth-order valence-electron chi connectivity index (χ4n) is 2.42. The number of benzene rings is 1. The minimum Gasteiger partial charge on any atom is -0.464 e. The largest absolute Gasteiger partial charge is 0.464 e. The number of esters is 1. The molecule has 0 fully saturated rings. The third-order valence-electron chi connectivity index (χ3n) is 3.53. The van der Waals surface area contributed by atoms with Crippen LogP contribution in [0.3, 0.4) is 0 Å². The summed E-state index contributed by atoms with van der Waals surface area (Å²) in [7, 11) is 1.39. The molecule has 4 nitrogen and oxygen atoms in total. The highest BCUT2D eigenvalue weighted by Crippen LogP contribution is 2.30. The number of H-pyrrole nitrogens is 1. The minimum absolute atomic E-state index is 0.356. The Bertz CT molecular complexity index is 695. The molecule has 0 atom stereocenters. The predicted molar refractivity (Wildman–Crippen MR) is 91.8 cm³/mol. The molecule has 0 saturated heterocycles. The lowest BCUT2D eigenvalue weighted by atomic mass is 10.0. The third-order valence-corrected chi connectivity index (χ3v) is 4.62. The van der Waals surface area contributed by atoms with Crippen LogP contribution in [0.4, 0.5) is 0 Å². The first-order valence-electron chi connectivity index (χ1n) is 6.48. The van der Waals surface area contributed by atoms with Crippen molar-refractivity contribution >= 4 is 46.5 Å². The van der Waals surface area contributed by atoms with Gasteiger partial charge in [0.2, 0.25) is 0 Å². The van der Waals surface area contributed by atoms with Crippen LogP contribution >= 0.6 is 24.2 Å². The van der Waals surface area contributed by atoms with Gasteiger partial charge in [-0.3, -0.25) is 0 Å². The number of carbonyl (C=O) groups is 1. The van der Waals surface area contributed by atoms with Gasteiger partial charge in [-0.1, -0.05) is 36.3 Å². The van der Waals surface area contributed by atoms with Gasteiger partial charge in [0.1, 0.15) is 5.69 Å². The molecule has 0 radical (unpaired) electrons. The Balaban J connectivity index is 2.70. The van der Waals surface area contributed by atoms with Crippen LogP contribution in [0.1, 0.15) is 27.2 Å². The standard InChI is InChI=1S/C15H18N2O2S2/c1-9-5-6-10(2)13-12(9)11(7-17(8-20)21-4)14(16-13)15(18)19-3/h5-6,8,16H,7H2,1-4H3. The first-order chi connectivity index (χ1) is 10.0. The van der Waals surface area contributed by atoms with Crippen molar-refractivity contribution in [3.05, 3.63) is 34.5 Å². The van der Waals surface area contributed by atoms with Crippen LogP contribution in [0.15, 0.2) is 12.1 Å². The molecule has 6 heteroatoms. The number of hydrogen-bond acceptors (Lipinski definition) is 4. The van der Waals surface area contributed by atoms with E-state index in [0.29, 0.717) is 12.2 Å². The summed E-state index contributed by atoms with van der Waals surface area (Å²) in [6.45, 7) is 4.62. The highest BCUT2D eigenvalue weighted by atomic mass is 32.2. The summed E-state index contributed by atoms with van der Waals surface area (Å²) in [6.07, 6.45) is 1.95. The molecule has 0 aliphatic carbocycles. The van der Waals surface area contributed by atoms with Gasteiger partial charge >= 0.3 is 5.97 Å². The van der Waals surface area contributed by atoms with Crippen molar-refractivity contribution in [1.29, 1.82) is 0 Å². The molecular formula is C15H18N2O2S2. The van der Waals surface area contributed by atoms with Gasteiger partial charge in [0.05, 0.1) is 19.1 Å². The van der Waals surface area contributed by atoms with Gasteiger partial charge in [-0.2, -0.15) is 0 Å². The zero-order valence-electron chi connectivity index (χ0n) is 12.5. The maximum Gasteiger partial charge on any atom is 0.354 e. The van der Waals surface area contributed by atoms with Gasteiger partial charge in [0.15, 0.2) is 0 Å². The number of aryl methyl sites for hydroxylation is 2. The molecule has 0 spiro atoms. The van der Waals surface area contributed by atoms with Crippen LogP contribution in [0.2, 0.25) is 0 Å². The maximum absolute atomic E-state index is 12.1. The van der Waals surface area contributed by atoms with Gasteiger partial charge in [-0.25, -0.2) is 4.79 Å². The van der Waals surface area contributed by atoms with Gasteiger partial charge in [0.25, 0.3) is 0 Å². The number of aromatic nitrogens is 1. The highest BCUT2D eigenvalue weighted by molar-refractivity contribution is 7.97. The van der Waals surface area contributed by atoms with E-state index >= 15 is 0 Å². The molecule has 0 unspecified atom stereocenters. The van der Waals surface area contributed by atoms with E-state index in [0.717, 1.165) is 27.6 Å². The zero-order chi connectivity index (χ0) is 15.6. The quantitative estimate of drug-likeness (QED) is 0.517. The highest BCUT2D eigenvalue weighted by Gasteiger charge is 2.21. The van der Waals surface area contributed by atoms with Crippen molar-refractivity contribution in [2.75, 3.05) is 13.4 Å². The number of aromatic amines is 1.